The number of amides is 1. The number of carbonyl (C=O) groups excluding carboxylic acids is 1. The Bertz CT molecular complexity index is 892. The molecule has 1 N–H and O–H groups in total. The van der Waals surface area contributed by atoms with Crippen molar-refractivity contribution < 1.29 is 9.53 Å². The molecule has 0 fully saturated rings. The SMILES string of the molecule is COC(C)c1nnc(NC(=O)c2ccccc2-c2ccccc2C)s1. The fraction of sp³-hybridized carbons (Fsp3) is 0.211. The van der Waals surface area contributed by atoms with Crippen molar-refractivity contribution in [2.24, 2.45) is 0 Å². The molecule has 0 aliphatic rings. The highest BCUT2D eigenvalue weighted by Gasteiger charge is 2.17. The first-order chi connectivity index (χ1) is 12.1. The number of nitrogens with zero attached hydrogens (tertiary/aromatic N) is 2. The standard InChI is InChI=1S/C19H19N3O2S/c1-12-8-4-5-9-14(12)15-10-6-7-11-16(15)17(23)20-19-22-21-18(25-19)13(2)24-3/h4-11,13H,1-3H3,(H,20,22,23). The molecule has 6 heteroatoms. The zero-order chi connectivity index (χ0) is 17.8. The lowest BCUT2D eigenvalue weighted by Crippen LogP contribution is -2.13. The van der Waals surface area contributed by atoms with Gasteiger partial charge in [0.1, 0.15) is 11.1 Å². The molecule has 0 aliphatic carbocycles. The van der Waals surface area contributed by atoms with Crippen molar-refractivity contribution in [3.05, 3.63) is 64.7 Å². The minimum Gasteiger partial charge on any atom is -0.374 e. The molecule has 2 aromatic carbocycles. The molecule has 0 spiro atoms. The number of ether oxygens (including phenoxy) is 1. The lowest BCUT2D eigenvalue weighted by Gasteiger charge is -2.11. The van der Waals surface area contributed by atoms with Crippen LogP contribution in [0.25, 0.3) is 11.1 Å². The summed E-state index contributed by atoms with van der Waals surface area (Å²) < 4.78 is 5.22. The summed E-state index contributed by atoms with van der Waals surface area (Å²) in [5.41, 5.74) is 3.66. The van der Waals surface area contributed by atoms with Gasteiger partial charge in [-0.05, 0) is 36.6 Å². The maximum atomic E-state index is 12.8. The largest absolute Gasteiger partial charge is 0.374 e. The third-order valence-electron chi connectivity index (χ3n) is 3.97. The summed E-state index contributed by atoms with van der Waals surface area (Å²) in [6.07, 6.45) is -0.151. The fourth-order valence-electron chi connectivity index (χ4n) is 2.51. The molecule has 128 valence electrons. The van der Waals surface area contributed by atoms with E-state index in [0.717, 1.165) is 21.7 Å². The van der Waals surface area contributed by atoms with Crippen molar-refractivity contribution in [3.63, 3.8) is 0 Å². The van der Waals surface area contributed by atoms with Gasteiger partial charge in [0.25, 0.3) is 5.91 Å². The highest BCUT2D eigenvalue weighted by Crippen LogP contribution is 2.28. The number of methoxy groups -OCH3 is 1. The first-order valence-corrected chi connectivity index (χ1v) is 8.74. The van der Waals surface area contributed by atoms with Gasteiger partial charge in [-0.3, -0.25) is 10.1 Å². The number of aromatic nitrogens is 2. The molecular weight excluding hydrogens is 334 g/mol. The Morgan fingerprint density at radius 3 is 2.48 bits per heavy atom. The Kier molecular flexibility index (Phi) is 5.21. The van der Waals surface area contributed by atoms with Crippen LogP contribution in [-0.4, -0.2) is 23.2 Å². The van der Waals surface area contributed by atoms with Crippen LogP contribution in [0, 0.1) is 6.92 Å². The summed E-state index contributed by atoms with van der Waals surface area (Å²) in [6, 6.07) is 15.6. The van der Waals surface area contributed by atoms with Crippen LogP contribution in [0.5, 0.6) is 0 Å². The van der Waals surface area contributed by atoms with Crippen LogP contribution in [0.2, 0.25) is 0 Å². The summed E-state index contributed by atoms with van der Waals surface area (Å²) in [7, 11) is 1.61. The highest BCUT2D eigenvalue weighted by molar-refractivity contribution is 7.15. The molecule has 0 radical (unpaired) electrons. The Hall–Kier alpha value is -2.57. The van der Waals surface area contributed by atoms with Crippen LogP contribution in [0.3, 0.4) is 0 Å². The minimum atomic E-state index is -0.202. The van der Waals surface area contributed by atoms with E-state index in [9.17, 15) is 4.79 Å². The van der Waals surface area contributed by atoms with E-state index in [1.165, 1.54) is 11.3 Å². The molecule has 1 unspecified atom stereocenters. The van der Waals surface area contributed by atoms with Crippen molar-refractivity contribution in [1.29, 1.82) is 0 Å². The van der Waals surface area contributed by atoms with Crippen molar-refractivity contribution in [2.45, 2.75) is 20.0 Å². The molecule has 25 heavy (non-hydrogen) atoms. The monoisotopic (exact) mass is 353 g/mol. The van der Waals surface area contributed by atoms with Gasteiger partial charge in [0.2, 0.25) is 5.13 Å². The second-order valence-corrected chi connectivity index (χ2v) is 6.65. The number of carbonyl (C=O) groups is 1. The van der Waals surface area contributed by atoms with Crippen LogP contribution >= 0.6 is 11.3 Å². The third-order valence-corrected chi connectivity index (χ3v) is 4.97. The maximum absolute atomic E-state index is 12.8. The van der Waals surface area contributed by atoms with E-state index in [2.05, 4.69) is 15.5 Å². The molecular formula is C19H19N3O2S. The summed E-state index contributed by atoms with van der Waals surface area (Å²) in [6.45, 7) is 3.92. The van der Waals surface area contributed by atoms with Crippen molar-refractivity contribution in [1.82, 2.24) is 10.2 Å². The minimum absolute atomic E-state index is 0.151. The van der Waals surface area contributed by atoms with Crippen molar-refractivity contribution >= 4 is 22.4 Å². The Morgan fingerprint density at radius 1 is 1.08 bits per heavy atom. The van der Waals surface area contributed by atoms with Crippen LogP contribution in [0.4, 0.5) is 5.13 Å². The Morgan fingerprint density at radius 2 is 1.76 bits per heavy atom. The fourth-order valence-corrected chi connectivity index (χ4v) is 3.27. The first kappa shape index (κ1) is 17.3. The van der Waals surface area contributed by atoms with Crippen LogP contribution in [0.1, 0.15) is 34.0 Å². The zero-order valence-corrected chi connectivity index (χ0v) is 15.1. The van der Waals surface area contributed by atoms with Crippen molar-refractivity contribution in [3.8, 4) is 11.1 Å². The first-order valence-electron chi connectivity index (χ1n) is 7.92. The number of rotatable bonds is 5. The lowest BCUT2D eigenvalue weighted by molar-refractivity contribution is 0.102. The highest BCUT2D eigenvalue weighted by atomic mass is 32.1. The van der Waals surface area contributed by atoms with E-state index in [4.69, 9.17) is 4.74 Å². The predicted molar refractivity (Wildman–Crippen MR) is 99.9 cm³/mol. The second-order valence-electron chi connectivity index (χ2n) is 5.64. The quantitative estimate of drug-likeness (QED) is 0.735. The topological polar surface area (TPSA) is 64.1 Å². The van der Waals surface area contributed by atoms with Gasteiger partial charge in [-0.2, -0.15) is 0 Å². The summed E-state index contributed by atoms with van der Waals surface area (Å²) in [5.74, 6) is -0.202. The van der Waals surface area contributed by atoms with E-state index in [0.29, 0.717) is 10.7 Å². The van der Waals surface area contributed by atoms with E-state index in [1.807, 2.05) is 62.4 Å². The summed E-state index contributed by atoms with van der Waals surface area (Å²) >= 11 is 1.31. The predicted octanol–water partition coefficient (Wildman–Crippen LogP) is 4.47. The molecule has 1 heterocycles. The number of aryl methyl sites for hydroxylation is 1. The molecule has 1 atom stereocenters. The third kappa shape index (κ3) is 3.75. The van der Waals surface area contributed by atoms with Crippen molar-refractivity contribution in [2.75, 3.05) is 12.4 Å². The Labute approximate surface area is 150 Å². The smallest absolute Gasteiger partial charge is 0.258 e. The zero-order valence-electron chi connectivity index (χ0n) is 14.3. The normalized spacial score (nSPS) is 12.0. The second kappa shape index (κ2) is 7.55. The molecule has 1 aromatic heterocycles. The molecule has 0 aliphatic heterocycles. The van der Waals surface area contributed by atoms with Gasteiger partial charge >= 0.3 is 0 Å². The van der Waals surface area contributed by atoms with E-state index >= 15 is 0 Å². The maximum Gasteiger partial charge on any atom is 0.258 e. The molecule has 0 saturated carbocycles. The number of benzene rings is 2. The number of hydrogen-bond donors (Lipinski definition) is 1. The number of hydrogen-bond acceptors (Lipinski definition) is 5. The van der Waals surface area contributed by atoms with E-state index in [1.54, 1.807) is 7.11 Å². The average Bonchev–Trinajstić information content (AvgIpc) is 3.10. The van der Waals surface area contributed by atoms with Gasteiger partial charge in [0.15, 0.2) is 0 Å². The van der Waals surface area contributed by atoms with E-state index in [-0.39, 0.29) is 12.0 Å². The molecule has 5 nitrogen and oxygen atoms in total. The average molecular weight is 353 g/mol. The van der Waals surface area contributed by atoms with E-state index < -0.39 is 0 Å². The Balaban J connectivity index is 1.89. The molecule has 0 bridgehead atoms. The van der Waals surface area contributed by atoms with Gasteiger partial charge in [-0.15, -0.1) is 10.2 Å². The van der Waals surface area contributed by atoms with Crippen LogP contribution in [-0.2, 0) is 4.74 Å². The van der Waals surface area contributed by atoms with Crippen LogP contribution in [0.15, 0.2) is 48.5 Å². The molecule has 3 aromatic rings. The molecule has 1 amide bonds. The summed E-state index contributed by atoms with van der Waals surface area (Å²) in [4.78, 5) is 12.8. The summed E-state index contributed by atoms with van der Waals surface area (Å²) in [5, 5.41) is 12.1. The molecule has 3 rings (SSSR count). The number of nitrogens with one attached hydrogen (secondary N) is 1. The van der Waals surface area contributed by atoms with Gasteiger partial charge < -0.3 is 4.74 Å². The van der Waals surface area contributed by atoms with Gasteiger partial charge in [0, 0.05) is 12.7 Å². The lowest BCUT2D eigenvalue weighted by atomic mass is 9.96. The van der Waals surface area contributed by atoms with Crippen LogP contribution < -0.4 is 5.32 Å². The van der Waals surface area contributed by atoms with Gasteiger partial charge in [0.05, 0.1) is 0 Å². The number of anilines is 1. The molecule has 0 saturated heterocycles. The van der Waals surface area contributed by atoms with Gasteiger partial charge in [-0.1, -0.05) is 53.8 Å². The van der Waals surface area contributed by atoms with Gasteiger partial charge in [-0.25, -0.2) is 0 Å².